The monoisotopic (exact) mass is 356 g/mol. The van der Waals surface area contributed by atoms with Crippen LogP contribution in [0.1, 0.15) is 58.0 Å². The number of benzene rings is 2. The smallest absolute Gasteiger partial charge is 0.335 e. The summed E-state index contributed by atoms with van der Waals surface area (Å²) >= 11 is 0. The molecule has 0 amide bonds. The third-order valence-electron chi connectivity index (χ3n) is 3.78. The van der Waals surface area contributed by atoms with E-state index in [0.717, 1.165) is 25.3 Å². The van der Waals surface area contributed by atoms with E-state index in [1.165, 1.54) is 17.7 Å². The molecule has 0 atom stereocenters. The number of hydrogen-bond acceptors (Lipinski definition) is 3. The fraction of sp³-hybridized carbons (Fsp3) is 0.286. The first-order chi connectivity index (χ1) is 12.3. The van der Waals surface area contributed by atoms with E-state index in [1.807, 2.05) is 25.1 Å². The number of carbonyl (C=O) groups excluding carboxylic acids is 1. The molecule has 0 aromatic heterocycles. The topological polar surface area (TPSA) is 91.7 Å². The molecule has 0 fully saturated rings. The molecule has 0 spiro atoms. The molecule has 2 N–H and O–H groups in total. The Balaban J connectivity index is 0.000000260. The first kappa shape index (κ1) is 21.1. The SMILES string of the molecule is CCCC(=O)CCc1ccccc1.Cc1ccc(C(=O)O)cc1C(=O)O. The van der Waals surface area contributed by atoms with Gasteiger partial charge < -0.3 is 10.2 Å². The fourth-order valence-electron chi connectivity index (χ4n) is 2.32. The quantitative estimate of drug-likeness (QED) is 0.768. The molecule has 0 bridgehead atoms. The van der Waals surface area contributed by atoms with Crippen LogP contribution < -0.4 is 0 Å². The van der Waals surface area contributed by atoms with Gasteiger partial charge >= 0.3 is 11.9 Å². The predicted molar refractivity (Wildman–Crippen MR) is 99.8 cm³/mol. The molecule has 2 rings (SSSR count). The normalized spacial score (nSPS) is 9.77. The van der Waals surface area contributed by atoms with E-state index in [0.29, 0.717) is 17.8 Å². The second-order valence-electron chi connectivity index (χ2n) is 5.91. The van der Waals surface area contributed by atoms with Gasteiger partial charge in [-0.1, -0.05) is 43.3 Å². The zero-order chi connectivity index (χ0) is 19.5. The Labute approximate surface area is 153 Å². The van der Waals surface area contributed by atoms with Crippen LogP contribution in [0.2, 0.25) is 0 Å². The Kier molecular flexibility index (Phi) is 8.78. The second kappa shape index (κ2) is 10.8. The van der Waals surface area contributed by atoms with E-state index in [9.17, 15) is 14.4 Å². The Morgan fingerprint density at radius 2 is 1.54 bits per heavy atom. The predicted octanol–water partition coefficient (Wildman–Crippen LogP) is 4.38. The summed E-state index contributed by atoms with van der Waals surface area (Å²) in [5.74, 6) is -1.85. The lowest BCUT2D eigenvalue weighted by atomic mass is 10.1. The summed E-state index contributed by atoms with van der Waals surface area (Å²) in [6.45, 7) is 3.66. The standard InChI is InChI=1S/C12H16O.C9H8O4/c1-2-6-12(13)10-9-11-7-4-3-5-8-11;1-5-2-3-6(8(10)11)4-7(5)9(12)13/h3-5,7-8H,2,6,9-10H2,1H3;2-4H,1H3,(H,10,11)(H,12,13). The molecule has 26 heavy (non-hydrogen) atoms. The molecule has 0 saturated carbocycles. The molecule has 0 unspecified atom stereocenters. The van der Waals surface area contributed by atoms with Crippen LogP contribution in [0.15, 0.2) is 48.5 Å². The summed E-state index contributed by atoms with van der Waals surface area (Å²) in [6, 6.07) is 14.2. The molecule has 0 aliphatic heterocycles. The lowest BCUT2D eigenvalue weighted by molar-refractivity contribution is -0.119. The maximum Gasteiger partial charge on any atom is 0.335 e. The molecule has 0 heterocycles. The van der Waals surface area contributed by atoms with Crippen LogP contribution in [0.4, 0.5) is 0 Å². The van der Waals surface area contributed by atoms with Crippen LogP contribution in [-0.2, 0) is 11.2 Å². The Morgan fingerprint density at radius 3 is 2.08 bits per heavy atom. The molecular formula is C21H24O5. The van der Waals surface area contributed by atoms with Crippen molar-refractivity contribution in [2.45, 2.75) is 39.5 Å². The lowest BCUT2D eigenvalue weighted by Gasteiger charge is -2.01. The number of aryl methyl sites for hydroxylation is 2. The molecule has 138 valence electrons. The molecule has 0 aliphatic rings. The van der Waals surface area contributed by atoms with Crippen molar-refractivity contribution in [2.75, 3.05) is 0 Å². The fourth-order valence-corrected chi connectivity index (χ4v) is 2.32. The van der Waals surface area contributed by atoms with Gasteiger partial charge in [0, 0.05) is 12.8 Å². The second-order valence-corrected chi connectivity index (χ2v) is 5.91. The van der Waals surface area contributed by atoms with Gasteiger partial charge in [-0.05, 0) is 43.0 Å². The van der Waals surface area contributed by atoms with Crippen LogP contribution in [-0.4, -0.2) is 27.9 Å². The average Bonchev–Trinajstić information content (AvgIpc) is 2.61. The van der Waals surface area contributed by atoms with E-state index >= 15 is 0 Å². The van der Waals surface area contributed by atoms with E-state index < -0.39 is 11.9 Å². The van der Waals surface area contributed by atoms with E-state index in [1.54, 1.807) is 6.92 Å². The van der Waals surface area contributed by atoms with E-state index in [4.69, 9.17) is 10.2 Å². The molecule has 5 heteroatoms. The lowest BCUT2D eigenvalue weighted by Crippen LogP contribution is -2.03. The van der Waals surface area contributed by atoms with Crippen LogP contribution in [0, 0.1) is 6.92 Å². The average molecular weight is 356 g/mol. The van der Waals surface area contributed by atoms with Crippen molar-refractivity contribution in [3.63, 3.8) is 0 Å². The maximum atomic E-state index is 11.2. The summed E-state index contributed by atoms with van der Waals surface area (Å²) < 4.78 is 0. The Hall–Kier alpha value is -2.95. The van der Waals surface area contributed by atoms with Crippen molar-refractivity contribution in [1.29, 1.82) is 0 Å². The number of hydrogen-bond donors (Lipinski definition) is 2. The van der Waals surface area contributed by atoms with Gasteiger partial charge in [0.2, 0.25) is 0 Å². The minimum Gasteiger partial charge on any atom is -0.478 e. The molecule has 2 aromatic carbocycles. The van der Waals surface area contributed by atoms with Gasteiger partial charge in [-0.3, -0.25) is 4.79 Å². The summed E-state index contributed by atoms with van der Waals surface area (Å²) in [5.41, 5.74) is 1.83. The van der Waals surface area contributed by atoms with Gasteiger partial charge in [-0.15, -0.1) is 0 Å². The van der Waals surface area contributed by atoms with Crippen LogP contribution in [0.25, 0.3) is 0 Å². The van der Waals surface area contributed by atoms with Gasteiger partial charge in [0.25, 0.3) is 0 Å². The highest BCUT2D eigenvalue weighted by Gasteiger charge is 2.10. The number of rotatable bonds is 7. The number of aromatic carboxylic acids is 2. The number of carboxylic acids is 2. The number of ketones is 1. The van der Waals surface area contributed by atoms with E-state index in [-0.39, 0.29) is 11.1 Å². The zero-order valence-electron chi connectivity index (χ0n) is 15.1. The highest BCUT2D eigenvalue weighted by Crippen LogP contribution is 2.11. The Morgan fingerprint density at radius 1 is 0.885 bits per heavy atom. The van der Waals surface area contributed by atoms with Crippen molar-refractivity contribution in [3.8, 4) is 0 Å². The molecule has 5 nitrogen and oxygen atoms in total. The number of Topliss-reactive ketones (excluding diaryl/α,β-unsaturated/α-hetero) is 1. The molecular weight excluding hydrogens is 332 g/mol. The van der Waals surface area contributed by atoms with Crippen LogP contribution >= 0.6 is 0 Å². The summed E-state index contributed by atoms with van der Waals surface area (Å²) in [5, 5.41) is 17.3. The molecule has 0 aliphatic carbocycles. The zero-order valence-corrected chi connectivity index (χ0v) is 15.1. The summed E-state index contributed by atoms with van der Waals surface area (Å²) in [7, 11) is 0. The summed E-state index contributed by atoms with van der Waals surface area (Å²) in [6.07, 6.45) is 3.28. The van der Waals surface area contributed by atoms with Gasteiger partial charge in [0.05, 0.1) is 11.1 Å². The minimum absolute atomic E-state index is 0.0111. The molecule has 2 aromatic rings. The molecule has 0 saturated heterocycles. The third kappa shape index (κ3) is 7.30. The van der Waals surface area contributed by atoms with Gasteiger partial charge in [-0.25, -0.2) is 9.59 Å². The Bertz CT molecular complexity index is 750. The van der Waals surface area contributed by atoms with Crippen molar-refractivity contribution in [2.24, 2.45) is 0 Å². The highest BCUT2D eigenvalue weighted by molar-refractivity contribution is 5.94. The van der Waals surface area contributed by atoms with Crippen LogP contribution in [0.5, 0.6) is 0 Å². The molecule has 0 radical (unpaired) electrons. The minimum atomic E-state index is -1.12. The highest BCUT2D eigenvalue weighted by atomic mass is 16.4. The first-order valence-corrected chi connectivity index (χ1v) is 8.48. The van der Waals surface area contributed by atoms with Gasteiger partial charge in [0.15, 0.2) is 0 Å². The maximum absolute atomic E-state index is 11.2. The van der Waals surface area contributed by atoms with Crippen LogP contribution in [0.3, 0.4) is 0 Å². The van der Waals surface area contributed by atoms with Crippen molar-refractivity contribution < 1.29 is 24.6 Å². The van der Waals surface area contributed by atoms with Gasteiger partial charge in [0.1, 0.15) is 5.78 Å². The van der Waals surface area contributed by atoms with Crippen molar-refractivity contribution >= 4 is 17.7 Å². The van der Waals surface area contributed by atoms with E-state index in [2.05, 4.69) is 12.1 Å². The summed E-state index contributed by atoms with van der Waals surface area (Å²) in [4.78, 5) is 32.3. The first-order valence-electron chi connectivity index (χ1n) is 8.48. The third-order valence-corrected chi connectivity index (χ3v) is 3.78. The largest absolute Gasteiger partial charge is 0.478 e. The van der Waals surface area contributed by atoms with Crippen molar-refractivity contribution in [3.05, 3.63) is 70.8 Å². The number of carboxylic acid groups (broad SMARTS) is 2. The van der Waals surface area contributed by atoms with Gasteiger partial charge in [-0.2, -0.15) is 0 Å². The van der Waals surface area contributed by atoms with Crippen molar-refractivity contribution in [1.82, 2.24) is 0 Å². The number of carbonyl (C=O) groups is 3.